The zero-order valence-electron chi connectivity index (χ0n) is 14.7. The molecule has 4 heteroatoms. The van der Waals surface area contributed by atoms with Gasteiger partial charge in [-0.25, -0.2) is 0 Å². The summed E-state index contributed by atoms with van der Waals surface area (Å²) in [5, 5.41) is 17.4. The van der Waals surface area contributed by atoms with Crippen molar-refractivity contribution < 1.29 is 5.11 Å². The second-order valence-corrected chi connectivity index (χ2v) is 5.90. The van der Waals surface area contributed by atoms with E-state index in [1.165, 1.54) is 5.56 Å². The monoisotopic (exact) mass is 307 g/mol. The lowest BCUT2D eigenvalue weighted by atomic mass is 10.1. The molecule has 1 aromatic rings. The van der Waals surface area contributed by atoms with Crippen LogP contribution in [0, 0.1) is 0 Å². The molecule has 0 heterocycles. The van der Waals surface area contributed by atoms with Gasteiger partial charge < -0.3 is 20.6 Å². The number of nitrogens with one attached hydrogen (secondary N) is 2. The van der Waals surface area contributed by atoms with E-state index >= 15 is 0 Å². The molecule has 0 aromatic heterocycles. The molecule has 1 rings (SSSR count). The Morgan fingerprint density at radius 3 is 2.18 bits per heavy atom. The third-order valence-corrected chi connectivity index (χ3v) is 3.70. The van der Waals surface area contributed by atoms with Crippen LogP contribution in [0.5, 0.6) is 5.75 Å². The Hall–Kier alpha value is -1.26. The highest BCUT2D eigenvalue weighted by Gasteiger charge is 2.13. The summed E-state index contributed by atoms with van der Waals surface area (Å²) in [5.41, 5.74) is 3.16. The normalized spacial score (nSPS) is 10.9. The van der Waals surface area contributed by atoms with Crippen molar-refractivity contribution in [3.8, 4) is 5.75 Å². The average Bonchev–Trinajstić information content (AvgIpc) is 2.50. The van der Waals surface area contributed by atoms with Gasteiger partial charge in [0, 0.05) is 32.2 Å². The van der Waals surface area contributed by atoms with Crippen LogP contribution in [0.4, 0.5) is 5.69 Å². The molecule has 0 saturated carbocycles. The average molecular weight is 307 g/mol. The van der Waals surface area contributed by atoms with Crippen molar-refractivity contribution in [3.63, 3.8) is 0 Å². The van der Waals surface area contributed by atoms with Gasteiger partial charge in [0.15, 0.2) is 0 Å². The summed E-state index contributed by atoms with van der Waals surface area (Å²) in [6.45, 7) is 11.0. The van der Waals surface area contributed by atoms with Crippen LogP contribution >= 0.6 is 0 Å². The first kappa shape index (κ1) is 18.8. The first-order chi connectivity index (χ1) is 10.6. The number of nitrogens with zero attached hydrogens (tertiary/aromatic N) is 1. The van der Waals surface area contributed by atoms with Gasteiger partial charge >= 0.3 is 0 Å². The number of phenols is 1. The zero-order valence-corrected chi connectivity index (χ0v) is 14.7. The molecule has 0 radical (unpaired) electrons. The SMILES string of the molecule is CCCNCc1cc(CNCCC)c(O)c(N(C)CCC)c1. The highest BCUT2D eigenvalue weighted by Crippen LogP contribution is 2.32. The van der Waals surface area contributed by atoms with Crippen LogP contribution in [0.25, 0.3) is 0 Å². The molecule has 0 spiro atoms. The lowest BCUT2D eigenvalue weighted by molar-refractivity contribution is 0.463. The van der Waals surface area contributed by atoms with Crippen molar-refractivity contribution in [3.05, 3.63) is 23.3 Å². The molecule has 0 fully saturated rings. The van der Waals surface area contributed by atoms with E-state index in [9.17, 15) is 5.11 Å². The molecule has 1 aromatic carbocycles. The number of aromatic hydroxyl groups is 1. The molecule has 126 valence electrons. The Morgan fingerprint density at radius 1 is 0.955 bits per heavy atom. The number of rotatable bonds is 11. The Kier molecular flexibility index (Phi) is 8.94. The second kappa shape index (κ2) is 10.5. The molecule has 0 aliphatic heterocycles. The van der Waals surface area contributed by atoms with Crippen LogP contribution in [0.1, 0.15) is 51.2 Å². The smallest absolute Gasteiger partial charge is 0.143 e. The number of benzene rings is 1. The van der Waals surface area contributed by atoms with Gasteiger partial charge in [-0.3, -0.25) is 0 Å². The molecular weight excluding hydrogens is 274 g/mol. The van der Waals surface area contributed by atoms with E-state index in [1.54, 1.807) is 0 Å². The van der Waals surface area contributed by atoms with Crippen molar-refractivity contribution in [2.75, 3.05) is 31.6 Å². The summed E-state index contributed by atoms with van der Waals surface area (Å²) >= 11 is 0. The molecule has 0 amide bonds. The Morgan fingerprint density at radius 2 is 1.59 bits per heavy atom. The minimum Gasteiger partial charge on any atom is -0.505 e. The summed E-state index contributed by atoms with van der Waals surface area (Å²) in [6.07, 6.45) is 3.30. The topological polar surface area (TPSA) is 47.5 Å². The molecule has 3 N–H and O–H groups in total. The first-order valence-corrected chi connectivity index (χ1v) is 8.61. The molecule has 0 unspecified atom stereocenters. The second-order valence-electron chi connectivity index (χ2n) is 5.90. The molecular formula is C18H33N3O. The maximum absolute atomic E-state index is 10.6. The predicted octanol–water partition coefficient (Wildman–Crippen LogP) is 3.24. The molecule has 4 nitrogen and oxygen atoms in total. The van der Waals surface area contributed by atoms with Crippen LogP contribution in [0.15, 0.2) is 12.1 Å². The fourth-order valence-corrected chi connectivity index (χ4v) is 2.54. The third-order valence-electron chi connectivity index (χ3n) is 3.70. The van der Waals surface area contributed by atoms with Crippen LogP contribution in [0.2, 0.25) is 0 Å². The zero-order chi connectivity index (χ0) is 16.4. The van der Waals surface area contributed by atoms with E-state index in [-0.39, 0.29) is 0 Å². The fraction of sp³-hybridized carbons (Fsp3) is 0.667. The predicted molar refractivity (Wildman–Crippen MR) is 95.7 cm³/mol. The number of anilines is 1. The minimum absolute atomic E-state index is 0.416. The highest BCUT2D eigenvalue weighted by molar-refractivity contribution is 5.62. The summed E-state index contributed by atoms with van der Waals surface area (Å²) < 4.78 is 0. The lowest BCUT2D eigenvalue weighted by Gasteiger charge is -2.23. The highest BCUT2D eigenvalue weighted by atomic mass is 16.3. The molecule has 0 aliphatic rings. The van der Waals surface area contributed by atoms with Crippen molar-refractivity contribution in [1.82, 2.24) is 10.6 Å². The van der Waals surface area contributed by atoms with Gasteiger partial charge in [0.1, 0.15) is 5.75 Å². The van der Waals surface area contributed by atoms with Crippen molar-refractivity contribution >= 4 is 5.69 Å². The molecule has 0 atom stereocenters. The van der Waals surface area contributed by atoms with Gasteiger partial charge in [0.05, 0.1) is 5.69 Å². The summed E-state index contributed by atoms with van der Waals surface area (Å²) in [6, 6.07) is 4.22. The Labute approximate surface area is 135 Å². The molecule has 0 bridgehead atoms. The van der Waals surface area contributed by atoms with E-state index < -0.39 is 0 Å². The first-order valence-electron chi connectivity index (χ1n) is 8.61. The lowest BCUT2D eigenvalue weighted by Crippen LogP contribution is -2.21. The van der Waals surface area contributed by atoms with E-state index in [0.717, 1.165) is 56.7 Å². The largest absolute Gasteiger partial charge is 0.505 e. The van der Waals surface area contributed by atoms with Gasteiger partial charge in [0.2, 0.25) is 0 Å². The summed E-state index contributed by atoms with van der Waals surface area (Å²) in [7, 11) is 2.05. The maximum atomic E-state index is 10.6. The number of hydrogen-bond acceptors (Lipinski definition) is 4. The Bertz CT molecular complexity index is 435. The van der Waals surface area contributed by atoms with Gasteiger partial charge in [-0.2, -0.15) is 0 Å². The molecule has 0 saturated heterocycles. The van der Waals surface area contributed by atoms with Gasteiger partial charge in [0.25, 0.3) is 0 Å². The van der Waals surface area contributed by atoms with Crippen LogP contribution < -0.4 is 15.5 Å². The standard InChI is InChI=1S/C18H33N3O/c1-5-8-19-13-15-11-16(14-20-9-6-2)18(22)17(12-15)21(4)10-7-3/h11-12,19-20,22H,5-10,13-14H2,1-4H3. The fourth-order valence-electron chi connectivity index (χ4n) is 2.54. The quantitative estimate of drug-likeness (QED) is 0.549. The van der Waals surface area contributed by atoms with E-state index in [1.807, 2.05) is 7.05 Å². The van der Waals surface area contributed by atoms with Gasteiger partial charge in [-0.15, -0.1) is 0 Å². The van der Waals surface area contributed by atoms with Gasteiger partial charge in [-0.05, 0) is 50.0 Å². The minimum atomic E-state index is 0.416. The molecule has 0 aliphatic carbocycles. The third kappa shape index (κ3) is 5.85. The van der Waals surface area contributed by atoms with Gasteiger partial charge in [-0.1, -0.05) is 20.8 Å². The van der Waals surface area contributed by atoms with E-state index in [2.05, 4.69) is 48.4 Å². The van der Waals surface area contributed by atoms with Crippen molar-refractivity contribution in [2.24, 2.45) is 0 Å². The Balaban J connectivity index is 2.96. The number of hydrogen-bond donors (Lipinski definition) is 3. The summed E-state index contributed by atoms with van der Waals surface area (Å²) in [4.78, 5) is 2.14. The van der Waals surface area contributed by atoms with Crippen LogP contribution in [0.3, 0.4) is 0 Å². The van der Waals surface area contributed by atoms with E-state index in [0.29, 0.717) is 12.3 Å². The maximum Gasteiger partial charge on any atom is 0.143 e. The summed E-state index contributed by atoms with van der Waals surface area (Å²) in [5.74, 6) is 0.416. The van der Waals surface area contributed by atoms with Crippen LogP contribution in [-0.2, 0) is 13.1 Å². The molecule has 22 heavy (non-hydrogen) atoms. The number of phenolic OH excluding ortho intramolecular Hbond substituents is 1. The van der Waals surface area contributed by atoms with E-state index in [4.69, 9.17) is 0 Å². The van der Waals surface area contributed by atoms with Crippen molar-refractivity contribution in [1.29, 1.82) is 0 Å². The van der Waals surface area contributed by atoms with Crippen LogP contribution in [-0.4, -0.2) is 31.8 Å². The van der Waals surface area contributed by atoms with Crippen molar-refractivity contribution in [2.45, 2.75) is 53.1 Å².